The average Bonchev–Trinajstić information content (AvgIpc) is 2.62. The zero-order valence-corrected chi connectivity index (χ0v) is 15.6. The number of rotatable bonds is 6. The van der Waals surface area contributed by atoms with Crippen molar-refractivity contribution in [3.05, 3.63) is 65.4 Å². The second kappa shape index (κ2) is 8.41. The van der Waals surface area contributed by atoms with Gasteiger partial charge in [0.15, 0.2) is 0 Å². The van der Waals surface area contributed by atoms with Crippen molar-refractivity contribution in [3.8, 4) is 0 Å². The van der Waals surface area contributed by atoms with Crippen LogP contribution in [0.5, 0.6) is 0 Å². The van der Waals surface area contributed by atoms with E-state index in [0.717, 1.165) is 21.1 Å². The van der Waals surface area contributed by atoms with Crippen LogP contribution in [0.15, 0.2) is 65.4 Å². The van der Waals surface area contributed by atoms with Crippen LogP contribution in [0.1, 0.15) is 6.42 Å². The summed E-state index contributed by atoms with van der Waals surface area (Å²) in [7, 11) is 0. The Balaban J connectivity index is 1.84. The predicted octanol–water partition coefficient (Wildman–Crippen LogP) is 4.11. The number of anilines is 3. The first-order chi connectivity index (χ1) is 13.0. The van der Waals surface area contributed by atoms with E-state index in [0.29, 0.717) is 11.5 Å². The third-order valence-electron chi connectivity index (χ3n) is 3.55. The van der Waals surface area contributed by atoms with E-state index in [-0.39, 0.29) is 6.42 Å². The molecule has 0 radical (unpaired) electrons. The van der Waals surface area contributed by atoms with E-state index in [4.69, 9.17) is 5.11 Å². The van der Waals surface area contributed by atoms with Gasteiger partial charge in [-0.25, -0.2) is 9.97 Å². The summed E-state index contributed by atoms with van der Waals surface area (Å²) < 4.78 is 0.937. The van der Waals surface area contributed by atoms with Crippen molar-refractivity contribution in [1.82, 2.24) is 9.97 Å². The minimum atomic E-state index is -0.995. The highest BCUT2D eigenvalue weighted by molar-refractivity contribution is 9.10. The number of hydrogen-bond acceptors (Lipinski definition) is 5. The fourth-order valence-electron chi connectivity index (χ4n) is 2.39. The molecule has 0 saturated carbocycles. The van der Waals surface area contributed by atoms with Gasteiger partial charge in [-0.15, -0.1) is 0 Å². The van der Waals surface area contributed by atoms with Gasteiger partial charge in [-0.2, -0.15) is 0 Å². The van der Waals surface area contributed by atoms with Crippen molar-refractivity contribution in [1.29, 1.82) is 0 Å². The molecule has 2 aromatic carbocycles. The van der Waals surface area contributed by atoms with E-state index >= 15 is 0 Å². The lowest BCUT2D eigenvalue weighted by Gasteiger charge is -2.10. The molecule has 0 aliphatic heterocycles. The lowest BCUT2D eigenvalue weighted by Crippen LogP contribution is -2.08. The zero-order valence-electron chi connectivity index (χ0n) is 14.0. The van der Waals surface area contributed by atoms with E-state index in [1.807, 2.05) is 24.3 Å². The van der Waals surface area contributed by atoms with E-state index in [9.17, 15) is 9.59 Å². The van der Waals surface area contributed by atoms with Crippen molar-refractivity contribution in [3.63, 3.8) is 0 Å². The maximum atomic E-state index is 11.9. The number of benzene rings is 2. The van der Waals surface area contributed by atoms with Gasteiger partial charge in [0.05, 0.1) is 11.9 Å². The quantitative estimate of drug-likeness (QED) is 0.512. The molecule has 0 bridgehead atoms. The Kier molecular flexibility index (Phi) is 5.77. The molecule has 0 aliphatic carbocycles. The van der Waals surface area contributed by atoms with Crippen molar-refractivity contribution in [2.24, 2.45) is 0 Å². The zero-order chi connectivity index (χ0) is 19.2. The van der Waals surface area contributed by atoms with Crippen molar-refractivity contribution >= 4 is 55.9 Å². The van der Waals surface area contributed by atoms with Crippen LogP contribution < -0.4 is 10.6 Å². The molecule has 0 unspecified atom stereocenters. The molecule has 3 N–H and O–H groups in total. The first-order valence-electron chi connectivity index (χ1n) is 7.98. The summed E-state index contributed by atoms with van der Waals surface area (Å²) in [4.78, 5) is 30.9. The fourth-order valence-corrected chi connectivity index (χ4v) is 2.79. The van der Waals surface area contributed by atoms with Gasteiger partial charge in [0.1, 0.15) is 12.1 Å². The Bertz CT molecular complexity index is 1040. The molecular weight excluding hydrogens is 412 g/mol. The number of carboxylic acids is 1. The molecule has 136 valence electrons. The summed E-state index contributed by atoms with van der Waals surface area (Å²) in [5.41, 5.74) is 2.14. The monoisotopic (exact) mass is 426 g/mol. The second-order valence-electron chi connectivity index (χ2n) is 5.58. The smallest absolute Gasteiger partial charge is 0.307 e. The minimum Gasteiger partial charge on any atom is -0.481 e. The number of carbonyl (C=O) groups is 2. The van der Waals surface area contributed by atoms with Gasteiger partial charge in [-0.1, -0.05) is 28.1 Å². The lowest BCUT2D eigenvalue weighted by molar-refractivity contribution is -0.136. The van der Waals surface area contributed by atoms with Crippen molar-refractivity contribution in [2.45, 2.75) is 6.42 Å². The summed E-state index contributed by atoms with van der Waals surface area (Å²) in [5, 5.41) is 15.3. The van der Waals surface area contributed by atoms with Crippen LogP contribution in [0.4, 0.5) is 17.2 Å². The van der Waals surface area contributed by atoms with E-state index in [1.165, 1.54) is 18.5 Å². The maximum Gasteiger partial charge on any atom is 0.307 e. The van der Waals surface area contributed by atoms with Crippen LogP contribution in [-0.4, -0.2) is 27.0 Å². The third-order valence-corrected chi connectivity index (χ3v) is 4.05. The number of amides is 1. The van der Waals surface area contributed by atoms with E-state index in [2.05, 4.69) is 36.5 Å². The van der Waals surface area contributed by atoms with Gasteiger partial charge < -0.3 is 15.7 Å². The number of nitrogens with zero attached hydrogens (tertiary/aromatic N) is 2. The molecule has 1 aromatic heterocycles. The number of hydrogen-bond donors (Lipinski definition) is 3. The number of fused-ring (bicyclic) bond motifs is 1. The summed E-state index contributed by atoms with van der Waals surface area (Å²) in [6, 6.07) is 12.9. The molecule has 0 fully saturated rings. The molecule has 0 aliphatic rings. The molecule has 1 heterocycles. The Morgan fingerprint density at radius 3 is 2.74 bits per heavy atom. The molecular formula is C19H15BrN4O3. The minimum absolute atomic E-state index is 0.209. The highest BCUT2D eigenvalue weighted by atomic mass is 79.9. The molecule has 0 saturated heterocycles. The van der Waals surface area contributed by atoms with Gasteiger partial charge in [0.2, 0.25) is 5.91 Å². The SMILES string of the molecule is O=C(O)CC=CC(=O)Nc1ccc2ncnc(Nc3cccc(Br)c3)c2c1. The van der Waals surface area contributed by atoms with Crippen LogP contribution in [0.2, 0.25) is 0 Å². The number of halogens is 1. The van der Waals surface area contributed by atoms with E-state index in [1.54, 1.807) is 18.2 Å². The van der Waals surface area contributed by atoms with Gasteiger partial charge in [-0.3, -0.25) is 9.59 Å². The molecule has 3 aromatic rings. The lowest BCUT2D eigenvalue weighted by atomic mass is 10.2. The number of aliphatic carboxylic acids is 1. The third kappa shape index (κ3) is 5.11. The standard InChI is InChI=1S/C19H15BrN4O3/c20-12-3-1-4-13(9-12)24-19-15-10-14(7-8-16(15)21-11-22-19)23-17(25)5-2-6-18(26)27/h1-5,7-11H,6H2,(H,23,25)(H,26,27)(H,21,22,24). The van der Waals surface area contributed by atoms with Gasteiger partial charge in [0.25, 0.3) is 0 Å². The fraction of sp³-hybridized carbons (Fsp3) is 0.0526. The van der Waals surface area contributed by atoms with Crippen LogP contribution >= 0.6 is 15.9 Å². The van der Waals surface area contributed by atoms with Crippen LogP contribution in [0, 0.1) is 0 Å². The van der Waals surface area contributed by atoms with Crippen molar-refractivity contribution < 1.29 is 14.7 Å². The largest absolute Gasteiger partial charge is 0.481 e. The Hall–Kier alpha value is -3.26. The normalized spacial score (nSPS) is 10.9. The Morgan fingerprint density at radius 2 is 1.96 bits per heavy atom. The molecule has 0 spiro atoms. The molecule has 3 rings (SSSR count). The first kappa shape index (κ1) is 18.5. The topological polar surface area (TPSA) is 104 Å². The highest BCUT2D eigenvalue weighted by Crippen LogP contribution is 2.26. The molecule has 0 atom stereocenters. The van der Waals surface area contributed by atoms with Crippen LogP contribution in [-0.2, 0) is 9.59 Å². The molecule has 27 heavy (non-hydrogen) atoms. The summed E-state index contributed by atoms with van der Waals surface area (Å²) >= 11 is 3.43. The molecule has 1 amide bonds. The second-order valence-corrected chi connectivity index (χ2v) is 6.49. The van der Waals surface area contributed by atoms with Crippen LogP contribution in [0.3, 0.4) is 0 Å². The van der Waals surface area contributed by atoms with Gasteiger partial charge in [0, 0.05) is 21.2 Å². The highest BCUT2D eigenvalue weighted by Gasteiger charge is 2.07. The number of carbonyl (C=O) groups excluding carboxylic acids is 1. The van der Waals surface area contributed by atoms with E-state index < -0.39 is 11.9 Å². The Morgan fingerprint density at radius 1 is 1.11 bits per heavy atom. The molecule has 7 nitrogen and oxygen atoms in total. The first-order valence-corrected chi connectivity index (χ1v) is 8.77. The molecule has 8 heteroatoms. The number of carboxylic acid groups (broad SMARTS) is 1. The predicted molar refractivity (Wildman–Crippen MR) is 107 cm³/mol. The van der Waals surface area contributed by atoms with Crippen LogP contribution in [0.25, 0.3) is 10.9 Å². The maximum absolute atomic E-state index is 11.9. The number of aromatic nitrogens is 2. The Labute approximate surface area is 163 Å². The van der Waals surface area contributed by atoms with Gasteiger partial charge in [-0.05, 0) is 42.5 Å². The average molecular weight is 427 g/mol. The summed E-state index contributed by atoms with van der Waals surface area (Å²) in [6.07, 6.45) is 3.75. The number of nitrogens with one attached hydrogen (secondary N) is 2. The summed E-state index contributed by atoms with van der Waals surface area (Å²) in [6.45, 7) is 0. The van der Waals surface area contributed by atoms with Crippen molar-refractivity contribution in [2.75, 3.05) is 10.6 Å². The van der Waals surface area contributed by atoms with Gasteiger partial charge >= 0.3 is 5.97 Å². The summed E-state index contributed by atoms with van der Waals surface area (Å²) in [5.74, 6) is -0.797.